The van der Waals surface area contributed by atoms with Gasteiger partial charge in [0.05, 0.1) is 0 Å². The summed E-state index contributed by atoms with van der Waals surface area (Å²) in [6, 6.07) is 0. The van der Waals surface area contributed by atoms with Crippen LogP contribution in [0.3, 0.4) is 0 Å². The number of halogens is 2. The van der Waals surface area contributed by atoms with E-state index in [1.165, 1.54) is 12.8 Å². The molecule has 0 amide bonds. The van der Waals surface area contributed by atoms with Crippen molar-refractivity contribution < 1.29 is 0 Å². The van der Waals surface area contributed by atoms with Gasteiger partial charge in [-0.15, -0.1) is 23.2 Å². The van der Waals surface area contributed by atoms with Crippen LogP contribution in [0.2, 0.25) is 0 Å². The number of rotatable bonds is 6. The molecule has 0 unspecified atom stereocenters. The van der Waals surface area contributed by atoms with Crippen LogP contribution in [0.15, 0.2) is 0 Å². The van der Waals surface area contributed by atoms with Crippen molar-refractivity contribution in [1.82, 2.24) is 0 Å². The Balaban J connectivity index is 3.58. The Morgan fingerprint density at radius 3 is 2.00 bits per heavy atom. The van der Waals surface area contributed by atoms with Crippen LogP contribution in [0, 0.1) is 11.3 Å². The molecular weight excluding hydrogens is 191 g/mol. The van der Waals surface area contributed by atoms with Crippen LogP contribution in [0.5, 0.6) is 0 Å². The molecule has 0 rings (SSSR count). The van der Waals surface area contributed by atoms with E-state index in [0.29, 0.717) is 11.8 Å². The molecule has 12 heavy (non-hydrogen) atoms. The van der Waals surface area contributed by atoms with E-state index < -0.39 is 0 Å². The lowest BCUT2D eigenvalue weighted by molar-refractivity contribution is 0.358. The van der Waals surface area contributed by atoms with E-state index in [1.54, 1.807) is 0 Å². The Morgan fingerprint density at radius 2 is 1.67 bits per heavy atom. The van der Waals surface area contributed by atoms with E-state index >= 15 is 0 Å². The molecule has 0 aliphatic rings. The van der Waals surface area contributed by atoms with E-state index in [1.807, 2.05) is 0 Å². The molecule has 0 nitrogen and oxygen atoms in total. The Kier molecular flexibility index (Phi) is 6.39. The van der Waals surface area contributed by atoms with E-state index in [9.17, 15) is 0 Å². The van der Waals surface area contributed by atoms with Gasteiger partial charge in [-0.1, -0.05) is 33.6 Å². The Morgan fingerprint density at radius 1 is 1.17 bits per heavy atom. The molecule has 0 N–H and O–H groups in total. The monoisotopic (exact) mass is 210 g/mol. The molecule has 0 saturated heterocycles. The molecule has 0 saturated carbocycles. The van der Waals surface area contributed by atoms with Crippen LogP contribution in [0.25, 0.3) is 0 Å². The number of alkyl halides is 2. The summed E-state index contributed by atoms with van der Waals surface area (Å²) >= 11 is 11.7. The van der Waals surface area contributed by atoms with Crippen LogP contribution >= 0.6 is 23.2 Å². The summed E-state index contributed by atoms with van der Waals surface area (Å²) in [4.78, 5) is 0. The second-order valence-corrected chi connectivity index (χ2v) is 4.90. The van der Waals surface area contributed by atoms with E-state index in [-0.39, 0.29) is 5.41 Å². The van der Waals surface area contributed by atoms with E-state index in [0.717, 1.165) is 12.3 Å². The van der Waals surface area contributed by atoms with Crippen molar-refractivity contribution >= 4 is 23.2 Å². The zero-order valence-electron chi connectivity index (χ0n) is 8.37. The first kappa shape index (κ1) is 12.6. The smallest absolute Gasteiger partial charge is 0.0288 e. The van der Waals surface area contributed by atoms with Crippen molar-refractivity contribution in [3.63, 3.8) is 0 Å². The molecular formula is C10H20Cl2. The van der Waals surface area contributed by atoms with Gasteiger partial charge < -0.3 is 0 Å². The van der Waals surface area contributed by atoms with Crippen molar-refractivity contribution in [1.29, 1.82) is 0 Å². The van der Waals surface area contributed by atoms with Crippen LogP contribution in [-0.4, -0.2) is 11.8 Å². The van der Waals surface area contributed by atoms with Gasteiger partial charge in [0.1, 0.15) is 0 Å². The van der Waals surface area contributed by atoms with Crippen molar-refractivity contribution in [3.05, 3.63) is 0 Å². The highest BCUT2D eigenvalue weighted by Crippen LogP contribution is 2.27. The number of hydrogen-bond donors (Lipinski definition) is 0. The third kappa shape index (κ3) is 5.27. The molecule has 2 heteroatoms. The van der Waals surface area contributed by atoms with Crippen LogP contribution < -0.4 is 0 Å². The summed E-state index contributed by atoms with van der Waals surface area (Å²) < 4.78 is 0. The summed E-state index contributed by atoms with van der Waals surface area (Å²) in [6.07, 6.45) is 3.68. The molecule has 0 fully saturated rings. The summed E-state index contributed by atoms with van der Waals surface area (Å²) in [7, 11) is 0. The van der Waals surface area contributed by atoms with Crippen LogP contribution in [-0.2, 0) is 0 Å². The molecule has 0 bridgehead atoms. The van der Waals surface area contributed by atoms with Gasteiger partial charge in [-0.05, 0) is 17.8 Å². The lowest BCUT2D eigenvalue weighted by atomic mass is 9.88. The predicted octanol–water partition coefficient (Wildman–Crippen LogP) is 4.30. The molecule has 0 aliphatic carbocycles. The van der Waals surface area contributed by atoms with Gasteiger partial charge in [-0.3, -0.25) is 0 Å². The lowest BCUT2D eigenvalue weighted by Gasteiger charge is -2.24. The van der Waals surface area contributed by atoms with Gasteiger partial charge in [-0.2, -0.15) is 0 Å². The van der Waals surface area contributed by atoms with Gasteiger partial charge in [0.15, 0.2) is 0 Å². The van der Waals surface area contributed by atoms with Gasteiger partial charge in [0.2, 0.25) is 0 Å². The predicted molar refractivity (Wildman–Crippen MR) is 58.2 cm³/mol. The third-order valence-corrected chi connectivity index (χ3v) is 3.50. The molecule has 0 heterocycles. The first-order valence-electron chi connectivity index (χ1n) is 4.66. The number of hydrogen-bond acceptors (Lipinski definition) is 0. The highest BCUT2D eigenvalue weighted by Gasteiger charge is 2.21. The Bertz CT molecular complexity index is 106. The average molecular weight is 211 g/mol. The van der Waals surface area contributed by atoms with Gasteiger partial charge in [-0.25, -0.2) is 0 Å². The summed E-state index contributed by atoms with van der Waals surface area (Å²) in [5.74, 6) is 2.14. The first-order chi connectivity index (χ1) is 5.54. The Labute approximate surface area is 86.6 Å². The highest BCUT2D eigenvalue weighted by molar-refractivity contribution is 6.21. The van der Waals surface area contributed by atoms with E-state index in [2.05, 4.69) is 20.8 Å². The van der Waals surface area contributed by atoms with E-state index in [4.69, 9.17) is 23.2 Å². The molecule has 74 valence electrons. The summed E-state index contributed by atoms with van der Waals surface area (Å²) in [5.41, 5.74) is 0.151. The molecule has 0 aliphatic heterocycles. The Hall–Kier alpha value is 0.580. The second-order valence-electron chi connectivity index (χ2n) is 4.36. The lowest BCUT2D eigenvalue weighted by Crippen LogP contribution is -2.20. The van der Waals surface area contributed by atoms with Crippen LogP contribution in [0.4, 0.5) is 0 Å². The van der Waals surface area contributed by atoms with Gasteiger partial charge in [0, 0.05) is 11.8 Å². The van der Waals surface area contributed by atoms with Crippen molar-refractivity contribution in [2.45, 2.75) is 40.0 Å². The molecule has 0 aromatic heterocycles. The van der Waals surface area contributed by atoms with Gasteiger partial charge in [0.25, 0.3) is 0 Å². The summed E-state index contributed by atoms with van der Waals surface area (Å²) in [6.45, 7) is 6.66. The fraction of sp³-hybridized carbons (Fsp3) is 1.00. The molecule has 0 aromatic carbocycles. The molecule has 0 aromatic rings. The van der Waals surface area contributed by atoms with Crippen molar-refractivity contribution in [2.24, 2.45) is 11.3 Å². The zero-order valence-corrected chi connectivity index (χ0v) is 9.88. The molecule has 0 spiro atoms. The largest absolute Gasteiger partial charge is 0.126 e. The van der Waals surface area contributed by atoms with Gasteiger partial charge >= 0.3 is 0 Å². The minimum atomic E-state index is 0.151. The zero-order chi connectivity index (χ0) is 9.61. The fourth-order valence-corrected chi connectivity index (χ4v) is 1.66. The van der Waals surface area contributed by atoms with Crippen molar-refractivity contribution in [2.75, 3.05) is 11.8 Å². The second kappa shape index (κ2) is 6.10. The van der Waals surface area contributed by atoms with Crippen molar-refractivity contribution in [3.8, 4) is 0 Å². The topological polar surface area (TPSA) is 0 Å². The maximum Gasteiger partial charge on any atom is 0.0288 e. The minimum Gasteiger partial charge on any atom is -0.126 e. The SMILES string of the molecule is CC(C)CCCC(C)(CCl)CCl. The summed E-state index contributed by atoms with van der Waals surface area (Å²) in [5, 5.41) is 0. The fourth-order valence-electron chi connectivity index (χ4n) is 1.11. The average Bonchev–Trinajstić information content (AvgIpc) is 2.03. The maximum atomic E-state index is 5.84. The highest BCUT2D eigenvalue weighted by atomic mass is 35.5. The third-order valence-electron chi connectivity index (χ3n) is 2.21. The maximum absolute atomic E-state index is 5.84. The first-order valence-corrected chi connectivity index (χ1v) is 5.73. The minimum absolute atomic E-state index is 0.151. The molecule has 0 radical (unpaired) electrons. The van der Waals surface area contributed by atoms with Crippen LogP contribution in [0.1, 0.15) is 40.0 Å². The quantitative estimate of drug-likeness (QED) is 0.574. The standard InChI is InChI=1S/C10H20Cl2/c1-9(2)5-4-6-10(3,7-11)8-12/h9H,4-8H2,1-3H3. The molecule has 0 atom stereocenters. The normalized spacial score (nSPS) is 12.5.